The molecule has 0 spiro atoms. The molecule has 122 valence electrons. The first kappa shape index (κ1) is 17.0. The third-order valence-electron chi connectivity index (χ3n) is 3.78. The highest BCUT2D eigenvalue weighted by molar-refractivity contribution is 5.79. The number of hydrogen-bond donors (Lipinski definition) is 3. The second-order valence-corrected chi connectivity index (χ2v) is 5.41. The maximum Gasteiger partial charge on any atom is 0.191 e. The van der Waals surface area contributed by atoms with Crippen LogP contribution in [0.2, 0.25) is 0 Å². The second kappa shape index (κ2) is 9.64. The minimum atomic E-state index is 0.0591. The van der Waals surface area contributed by atoms with Crippen LogP contribution in [0.3, 0.4) is 0 Å². The number of aliphatic imine (C=N–C) groups is 1. The van der Waals surface area contributed by atoms with E-state index in [1.54, 1.807) is 7.05 Å². The van der Waals surface area contributed by atoms with Crippen molar-refractivity contribution in [2.75, 3.05) is 26.7 Å². The van der Waals surface area contributed by atoms with Crippen molar-refractivity contribution in [1.82, 2.24) is 10.6 Å². The molecule has 0 heterocycles. The Morgan fingerprint density at radius 1 is 1.00 bits per heavy atom. The molecular weight excluding hydrogens is 286 g/mol. The predicted octanol–water partition coefficient (Wildman–Crippen LogP) is 2.17. The summed E-state index contributed by atoms with van der Waals surface area (Å²) in [6.07, 6.45) is 0.948. The Kier molecular flexibility index (Phi) is 7.14. The highest BCUT2D eigenvalue weighted by Gasteiger charge is 2.10. The van der Waals surface area contributed by atoms with Crippen LogP contribution in [0.15, 0.2) is 65.7 Å². The fraction of sp³-hybridized carbons (Fsp3) is 0.316. The standard InChI is InChI=1S/C19H25N3O/c1-20-19(21-13-12-16-8-4-2-5-9-16)22-14-18(15-23)17-10-6-3-7-11-17/h2-11,18,23H,12-15H2,1H3,(H2,20,21,22). The molecule has 1 unspecified atom stereocenters. The van der Waals surface area contributed by atoms with Gasteiger partial charge in [-0.3, -0.25) is 4.99 Å². The monoisotopic (exact) mass is 311 g/mol. The summed E-state index contributed by atoms with van der Waals surface area (Å²) in [5, 5.41) is 16.2. The molecule has 0 saturated carbocycles. The Morgan fingerprint density at radius 2 is 1.65 bits per heavy atom. The van der Waals surface area contributed by atoms with Crippen LogP contribution < -0.4 is 10.6 Å². The molecule has 0 fully saturated rings. The number of aliphatic hydroxyl groups is 1. The quantitative estimate of drug-likeness (QED) is 0.542. The van der Waals surface area contributed by atoms with Gasteiger partial charge in [0.25, 0.3) is 0 Å². The van der Waals surface area contributed by atoms with E-state index in [1.807, 2.05) is 48.5 Å². The largest absolute Gasteiger partial charge is 0.396 e. The summed E-state index contributed by atoms with van der Waals surface area (Å²) in [7, 11) is 1.76. The van der Waals surface area contributed by atoms with Gasteiger partial charge in [-0.15, -0.1) is 0 Å². The van der Waals surface area contributed by atoms with Crippen LogP contribution >= 0.6 is 0 Å². The zero-order valence-electron chi connectivity index (χ0n) is 13.6. The Labute approximate surface area is 138 Å². The highest BCUT2D eigenvalue weighted by atomic mass is 16.3. The Balaban J connectivity index is 1.78. The van der Waals surface area contributed by atoms with Crippen molar-refractivity contribution in [1.29, 1.82) is 0 Å². The van der Waals surface area contributed by atoms with Crippen molar-refractivity contribution in [3.05, 3.63) is 71.8 Å². The maximum atomic E-state index is 9.59. The summed E-state index contributed by atoms with van der Waals surface area (Å²) < 4.78 is 0. The molecule has 2 aromatic carbocycles. The highest BCUT2D eigenvalue weighted by Crippen LogP contribution is 2.13. The molecule has 0 aliphatic heterocycles. The zero-order valence-corrected chi connectivity index (χ0v) is 13.6. The van der Waals surface area contributed by atoms with Gasteiger partial charge in [-0.05, 0) is 17.5 Å². The second-order valence-electron chi connectivity index (χ2n) is 5.41. The van der Waals surface area contributed by atoms with Crippen LogP contribution in [-0.2, 0) is 6.42 Å². The van der Waals surface area contributed by atoms with E-state index in [9.17, 15) is 5.11 Å². The van der Waals surface area contributed by atoms with E-state index >= 15 is 0 Å². The van der Waals surface area contributed by atoms with Crippen LogP contribution in [0.1, 0.15) is 17.0 Å². The molecule has 0 aromatic heterocycles. The molecule has 0 aliphatic rings. The van der Waals surface area contributed by atoms with Gasteiger partial charge in [0.2, 0.25) is 0 Å². The van der Waals surface area contributed by atoms with Gasteiger partial charge in [0.15, 0.2) is 5.96 Å². The molecule has 2 rings (SSSR count). The summed E-state index contributed by atoms with van der Waals surface area (Å²) in [5.74, 6) is 0.819. The molecule has 0 aliphatic carbocycles. The molecule has 0 bridgehead atoms. The van der Waals surface area contributed by atoms with Gasteiger partial charge < -0.3 is 15.7 Å². The van der Waals surface area contributed by atoms with E-state index in [4.69, 9.17) is 0 Å². The Bertz CT molecular complexity index is 584. The van der Waals surface area contributed by atoms with Crippen molar-refractivity contribution < 1.29 is 5.11 Å². The van der Waals surface area contributed by atoms with E-state index in [-0.39, 0.29) is 12.5 Å². The minimum absolute atomic E-state index is 0.0591. The van der Waals surface area contributed by atoms with E-state index in [2.05, 4.69) is 27.8 Å². The first-order valence-electron chi connectivity index (χ1n) is 7.97. The fourth-order valence-corrected chi connectivity index (χ4v) is 2.42. The molecular formula is C19H25N3O. The van der Waals surface area contributed by atoms with Crippen molar-refractivity contribution in [2.24, 2.45) is 4.99 Å². The number of rotatable bonds is 7. The van der Waals surface area contributed by atoms with Gasteiger partial charge in [-0.2, -0.15) is 0 Å². The molecule has 4 nitrogen and oxygen atoms in total. The van der Waals surface area contributed by atoms with Crippen molar-refractivity contribution >= 4 is 5.96 Å². The summed E-state index contributed by atoms with van der Waals surface area (Å²) in [4.78, 5) is 4.23. The van der Waals surface area contributed by atoms with Crippen LogP contribution in [0, 0.1) is 0 Å². The molecule has 0 saturated heterocycles. The zero-order chi connectivity index (χ0) is 16.3. The predicted molar refractivity (Wildman–Crippen MR) is 95.8 cm³/mol. The molecule has 3 N–H and O–H groups in total. The van der Waals surface area contributed by atoms with Gasteiger partial charge in [0.1, 0.15) is 0 Å². The van der Waals surface area contributed by atoms with Gasteiger partial charge >= 0.3 is 0 Å². The van der Waals surface area contributed by atoms with E-state index in [1.165, 1.54) is 5.56 Å². The smallest absolute Gasteiger partial charge is 0.191 e. The summed E-state index contributed by atoms with van der Waals surface area (Å²) in [6.45, 7) is 1.57. The molecule has 2 aromatic rings. The van der Waals surface area contributed by atoms with Crippen LogP contribution in [0.5, 0.6) is 0 Å². The molecule has 1 atom stereocenters. The summed E-state index contributed by atoms with van der Waals surface area (Å²) in [6, 6.07) is 20.4. The third kappa shape index (κ3) is 5.75. The van der Waals surface area contributed by atoms with Crippen LogP contribution in [-0.4, -0.2) is 37.8 Å². The van der Waals surface area contributed by atoms with Crippen molar-refractivity contribution in [2.45, 2.75) is 12.3 Å². The van der Waals surface area contributed by atoms with Crippen molar-refractivity contribution in [3.63, 3.8) is 0 Å². The average molecular weight is 311 g/mol. The van der Waals surface area contributed by atoms with Gasteiger partial charge in [0.05, 0.1) is 6.61 Å². The van der Waals surface area contributed by atoms with Crippen LogP contribution in [0.4, 0.5) is 0 Å². The number of nitrogens with one attached hydrogen (secondary N) is 2. The molecule has 4 heteroatoms. The Hall–Kier alpha value is -2.33. The summed E-state index contributed by atoms with van der Waals surface area (Å²) in [5.41, 5.74) is 2.43. The minimum Gasteiger partial charge on any atom is -0.396 e. The van der Waals surface area contributed by atoms with E-state index in [0.717, 1.165) is 24.5 Å². The maximum absolute atomic E-state index is 9.59. The normalized spacial score (nSPS) is 12.7. The number of benzene rings is 2. The van der Waals surface area contributed by atoms with E-state index in [0.29, 0.717) is 6.54 Å². The lowest BCUT2D eigenvalue weighted by Gasteiger charge is -2.18. The fourth-order valence-electron chi connectivity index (χ4n) is 2.42. The molecule has 0 amide bonds. The number of hydrogen-bond acceptors (Lipinski definition) is 2. The molecule has 23 heavy (non-hydrogen) atoms. The topological polar surface area (TPSA) is 56.7 Å². The first-order valence-corrected chi connectivity index (χ1v) is 7.97. The number of guanidine groups is 1. The SMILES string of the molecule is CN=C(NCCc1ccccc1)NCC(CO)c1ccccc1. The summed E-state index contributed by atoms with van der Waals surface area (Å²) >= 11 is 0. The Morgan fingerprint density at radius 3 is 2.26 bits per heavy atom. The van der Waals surface area contributed by atoms with Crippen molar-refractivity contribution in [3.8, 4) is 0 Å². The van der Waals surface area contributed by atoms with Crippen LogP contribution in [0.25, 0.3) is 0 Å². The molecule has 0 radical (unpaired) electrons. The lowest BCUT2D eigenvalue weighted by molar-refractivity contribution is 0.265. The van der Waals surface area contributed by atoms with Gasteiger partial charge in [-0.1, -0.05) is 60.7 Å². The van der Waals surface area contributed by atoms with Gasteiger partial charge in [-0.25, -0.2) is 0 Å². The van der Waals surface area contributed by atoms with Gasteiger partial charge in [0, 0.05) is 26.1 Å². The third-order valence-corrected chi connectivity index (χ3v) is 3.78. The van der Waals surface area contributed by atoms with E-state index < -0.39 is 0 Å². The number of aliphatic hydroxyl groups excluding tert-OH is 1. The lowest BCUT2D eigenvalue weighted by Crippen LogP contribution is -2.40. The average Bonchev–Trinajstić information content (AvgIpc) is 2.62. The lowest BCUT2D eigenvalue weighted by atomic mass is 10.0. The number of nitrogens with zero attached hydrogens (tertiary/aromatic N) is 1. The first-order chi connectivity index (χ1) is 11.3.